The van der Waals surface area contributed by atoms with Crippen molar-refractivity contribution in [1.29, 1.82) is 0 Å². The van der Waals surface area contributed by atoms with E-state index in [1.54, 1.807) is 24.5 Å². The second kappa shape index (κ2) is 7.26. The fourth-order valence-electron chi connectivity index (χ4n) is 3.05. The molecule has 2 aromatic carbocycles. The van der Waals surface area contributed by atoms with Crippen LogP contribution in [0.3, 0.4) is 0 Å². The van der Waals surface area contributed by atoms with Crippen molar-refractivity contribution < 1.29 is 23.5 Å². The number of carbonyl (C=O) groups excluding carboxylic acids is 2. The number of amides is 2. The highest BCUT2D eigenvalue weighted by Crippen LogP contribution is 2.30. The van der Waals surface area contributed by atoms with Gasteiger partial charge in [0.1, 0.15) is 12.2 Å². The molecule has 1 aliphatic heterocycles. The number of rotatable bonds is 3. The Morgan fingerprint density at radius 2 is 1.82 bits per heavy atom. The van der Waals surface area contributed by atoms with Gasteiger partial charge in [-0.05, 0) is 49.2 Å². The van der Waals surface area contributed by atoms with Crippen molar-refractivity contribution in [3.05, 3.63) is 59.4 Å². The van der Waals surface area contributed by atoms with Gasteiger partial charge in [0, 0.05) is 10.9 Å². The number of nitrogens with one attached hydrogen (secondary N) is 2. The maximum atomic E-state index is 12.3. The van der Waals surface area contributed by atoms with Gasteiger partial charge in [-0.25, -0.2) is 0 Å². The molecule has 1 aromatic heterocycles. The van der Waals surface area contributed by atoms with Gasteiger partial charge in [-0.3, -0.25) is 20.4 Å². The molecule has 0 spiro atoms. The van der Waals surface area contributed by atoms with Crippen molar-refractivity contribution in [1.82, 2.24) is 10.9 Å². The molecule has 1 aliphatic rings. The molecular weight excluding hydrogens is 360 g/mol. The van der Waals surface area contributed by atoms with Gasteiger partial charge in [0.05, 0.1) is 12.7 Å². The highest BCUT2D eigenvalue weighted by atomic mass is 16.6. The Morgan fingerprint density at radius 1 is 1.07 bits per heavy atom. The number of carbonyl (C=O) groups is 2. The summed E-state index contributed by atoms with van der Waals surface area (Å²) in [5.41, 5.74) is 8.55. The third-order valence-electron chi connectivity index (χ3n) is 4.75. The molecule has 0 fully saturated rings. The Hall–Kier alpha value is -3.48. The maximum absolute atomic E-state index is 12.3. The summed E-state index contributed by atoms with van der Waals surface area (Å²) in [5.74, 6) is 0.251. The zero-order valence-electron chi connectivity index (χ0n) is 15.6. The number of benzene rings is 2. The molecule has 7 heteroatoms. The molecule has 3 aromatic rings. The molecule has 2 heterocycles. The summed E-state index contributed by atoms with van der Waals surface area (Å²) in [7, 11) is 0. The highest BCUT2D eigenvalue weighted by Gasteiger charge is 2.27. The van der Waals surface area contributed by atoms with Gasteiger partial charge >= 0.3 is 0 Å². The zero-order valence-corrected chi connectivity index (χ0v) is 15.6. The normalized spacial score (nSPS) is 15.3. The predicted octanol–water partition coefficient (Wildman–Crippen LogP) is 2.58. The molecule has 0 bridgehead atoms. The molecule has 7 nitrogen and oxygen atoms in total. The van der Waals surface area contributed by atoms with E-state index in [2.05, 4.69) is 10.9 Å². The Kier molecular flexibility index (Phi) is 4.65. The van der Waals surface area contributed by atoms with Crippen molar-refractivity contribution in [2.45, 2.75) is 26.4 Å². The summed E-state index contributed by atoms with van der Waals surface area (Å²) in [6.45, 7) is 4.09. The summed E-state index contributed by atoms with van der Waals surface area (Å²) in [4.78, 5) is 24.5. The lowest BCUT2D eigenvalue weighted by Gasteiger charge is -2.25. The van der Waals surface area contributed by atoms with Crippen LogP contribution in [0.4, 0.5) is 0 Å². The van der Waals surface area contributed by atoms with E-state index in [9.17, 15) is 9.59 Å². The first-order chi connectivity index (χ1) is 13.5. The monoisotopic (exact) mass is 380 g/mol. The Morgan fingerprint density at radius 3 is 2.64 bits per heavy atom. The number of hydrazine groups is 1. The lowest BCUT2D eigenvalue weighted by molar-refractivity contribution is -0.134. The molecule has 2 N–H and O–H groups in total. The van der Waals surface area contributed by atoms with Crippen LogP contribution in [0.1, 0.15) is 16.7 Å². The van der Waals surface area contributed by atoms with E-state index in [4.69, 9.17) is 13.9 Å². The van der Waals surface area contributed by atoms with E-state index in [0.29, 0.717) is 11.5 Å². The molecule has 0 saturated carbocycles. The first-order valence-corrected chi connectivity index (χ1v) is 8.96. The number of ether oxygens (including phenoxy) is 2. The number of hydrogen-bond donors (Lipinski definition) is 2. The van der Waals surface area contributed by atoms with E-state index in [0.717, 1.165) is 27.7 Å². The number of hydrogen-bond acceptors (Lipinski definition) is 5. The fourth-order valence-corrected chi connectivity index (χ4v) is 3.05. The zero-order chi connectivity index (χ0) is 19.7. The molecule has 0 radical (unpaired) electrons. The highest BCUT2D eigenvalue weighted by molar-refractivity contribution is 5.90. The minimum absolute atomic E-state index is 0.0731. The van der Waals surface area contributed by atoms with Crippen LogP contribution in [0.15, 0.2) is 47.1 Å². The van der Waals surface area contributed by atoms with Crippen LogP contribution in [0, 0.1) is 13.8 Å². The average Bonchev–Trinajstić information content (AvgIpc) is 3.07. The summed E-state index contributed by atoms with van der Waals surface area (Å²) in [5, 5.41) is 0.894. The lowest BCUT2D eigenvalue weighted by Crippen LogP contribution is -2.51. The summed E-state index contributed by atoms with van der Waals surface area (Å²) in [6.07, 6.45) is 0.816. The second-order valence-electron chi connectivity index (χ2n) is 6.77. The van der Waals surface area contributed by atoms with Gasteiger partial charge in [0.2, 0.25) is 12.0 Å². The molecule has 28 heavy (non-hydrogen) atoms. The molecular formula is C21H20N2O5. The summed E-state index contributed by atoms with van der Waals surface area (Å²) >= 11 is 0. The average molecular weight is 380 g/mol. The SMILES string of the molecule is Cc1cc2occ(CC(=O)NNC(=O)C3COc4ccccc4O3)c2cc1C. The van der Waals surface area contributed by atoms with Crippen molar-refractivity contribution in [2.24, 2.45) is 0 Å². The van der Waals surface area contributed by atoms with Crippen molar-refractivity contribution in [3.8, 4) is 11.5 Å². The van der Waals surface area contributed by atoms with Crippen molar-refractivity contribution in [3.63, 3.8) is 0 Å². The summed E-state index contributed by atoms with van der Waals surface area (Å²) < 4.78 is 16.7. The quantitative estimate of drug-likeness (QED) is 0.682. The van der Waals surface area contributed by atoms with Crippen LogP contribution in [0.2, 0.25) is 0 Å². The van der Waals surface area contributed by atoms with Gasteiger partial charge in [0.15, 0.2) is 11.5 Å². The maximum Gasteiger partial charge on any atom is 0.283 e. The van der Waals surface area contributed by atoms with Crippen LogP contribution in [-0.4, -0.2) is 24.5 Å². The van der Waals surface area contributed by atoms with Crippen LogP contribution >= 0.6 is 0 Å². The molecule has 0 saturated heterocycles. The number of furan rings is 1. The third kappa shape index (κ3) is 3.51. The number of para-hydroxylation sites is 2. The van der Waals surface area contributed by atoms with E-state index < -0.39 is 12.0 Å². The van der Waals surface area contributed by atoms with Gasteiger partial charge < -0.3 is 13.9 Å². The van der Waals surface area contributed by atoms with Crippen molar-refractivity contribution in [2.75, 3.05) is 6.61 Å². The second-order valence-corrected chi connectivity index (χ2v) is 6.77. The van der Waals surface area contributed by atoms with Crippen LogP contribution in [-0.2, 0) is 16.0 Å². The molecule has 144 valence electrons. The fraction of sp³-hybridized carbons (Fsp3) is 0.238. The molecule has 2 amide bonds. The molecule has 4 rings (SSSR count). The lowest BCUT2D eigenvalue weighted by atomic mass is 10.0. The molecule has 0 aliphatic carbocycles. The van der Waals surface area contributed by atoms with Gasteiger partial charge in [-0.2, -0.15) is 0 Å². The largest absolute Gasteiger partial charge is 0.485 e. The van der Waals surface area contributed by atoms with Crippen LogP contribution < -0.4 is 20.3 Å². The van der Waals surface area contributed by atoms with E-state index in [1.807, 2.05) is 32.0 Å². The number of aryl methyl sites for hydroxylation is 2. The van der Waals surface area contributed by atoms with Crippen molar-refractivity contribution >= 4 is 22.8 Å². The van der Waals surface area contributed by atoms with E-state index >= 15 is 0 Å². The topological polar surface area (TPSA) is 89.8 Å². The standard InChI is InChI=1S/C21H20N2O5/c1-12-7-15-14(10-26-18(15)8-13(12)2)9-20(24)22-23-21(25)19-11-27-16-5-3-4-6-17(16)28-19/h3-8,10,19H,9,11H2,1-2H3,(H,22,24)(H,23,25). The third-order valence-corrected chi connectivity index (χ3v) is 4.75. The summed E-state index contributed by atoms with van der Waals surface area (Å²) in [6, 6.07) is 11.1. The van der Waals surface area contributed by atoms with Crippen LogP contribution in [0.5, 0.6) is 11.5 Å². The van der Waals surface area contributed by atoms with Gasteiger partial charge in [-0.15, -0.1) is 0 Å². The number of fused-ring (bicyclic) bond motifs is 2. The first-order valence-electron chi connectivity index (χ1n) is 8.96. The van der Waals surface area contributed by atoms with E-state index in [1.165, 1.54) is 0 Å². The van der Waals surface area contributed by atoms with Crippen LogP contribution in [0.25, 0.3) is 11.0 Å². The Labute approximate surface area is 161 Å². The smallest absolute Gasteiger partial charge is 0.283 e. The molecule has 1 unspecified atom stereocenters. The van der Waals surface area contributed by atoms with Gasteiger partial charge in [-0.1, -0.05) is 12.1 Å². The molecule has 1 atom stereocenters. The minimum Gasteiger partial charge on any atom is -0.485 e. The van der Waals surface area contributed by atoms with E-state index in [-0.39, 0.29) is 18.9 Å². The Bertz CT molecular complexity index is 1060. The minimum atomic E-state index is -0.837. The van der Waals surface area contributed by atoms with Gasteiger partial charge in [0.25, 0.3) is 5.91 Å². The first kappa shape index (κ1) is 17.9. The Balaban J connectivity index is 1.35. The predicted molar refractivity (Wildman–Crippen MR) is 102 cm³/mol.